The van der Waals surface area contributed by atoms with Gasteiger partial charge >= 0.3 is 0 Å². The molecule has 1 atom stereocenters. The normalized spacial score (nSPS) is 25.1. The zero-order chi connectivity index (χ0) is 12.1. The SMILES string of the molecule is COCCCc1noc(C2(C)CCCCN2)n1. The van der Waals surface area contributed by atoms with Crippen molar-refractivity contribution >= 4 is 0 Å². The number of ether oxygens (including phenoxy) is 1. The smallest absolute Gasteiger partial charge is 0.246 e. The monoisotopic (exact) mass is 239 g/mol. The third kappa shape index (κ3) is 3.04. The van der Waals surface area contributed by atoms with Crippen molar-refractivity contribution in [1.29, 1.82) is 0 Å². The summed E-state index contributed by atoms with van der Waals surface area (Å²) in [7, 11) is 1.70. The van der Waals surface area contributed by atoms with Gasteiger partial charge in [-0.25, -0.2) is 0 Å². The summed E-state index contributed by atoms with van der Waals surface area (Å²) in [6.45, 7) is 3.90. The lowest BCUT2D eigenvalue weighted by molar-refractivity contribution is 0.194. The molecular weight excluding hydrogens is 218 g/mol. The van der Waals surface area contributed by atoms with Crippen LogP contribution in [0.25, 0.3) is 0 Å². The molecule has 5 heteroatoms. The van der Waals surface area contributed by atoms with Crippen molar-refractivity contribution in [3.05, 3.63) is 11.7 Å². The first-order chi connectivity index (χ1) is 8.24. The Labute approximate surface area is 102 Å². The lowest BCUT2D eigenvalue weighted by Gasteiger charge is -2.31. The highest BCUT2D eigenvalue weighted by molar-refractivity contribution is 5.03. The predicted octanol–water partition coefficient (Wildman–Crippen LogP) is 1.64. The van der Waals surface area contributed by atoms with Gasteiger partial charge in [0.25, 0.3) is 0 Å². The molecule has 1 N–H and O–H groups in total. The van der Waals surface area contributed by atoms with Gasteiger partial charge in [-0.1, -0.05) is 5.16 Å². The van der Waals surface area contributed by atoms with Crippen LogP contribution in [0.2, 0.25) is 0 Å². The summed E-state index contributed by atoms with van der Waals surface area (Å²) >= 11 is 0. The van der Waals surface area contributed by atoms with E-state index in [1.165, 1.54) is 12.8 Å². The zero-order valence-corrected chi connectivity index (χ0v) is 10.7. The second-order valence-electron chi connectivity index (χ2n) is 4.83. The van der Waals surface area contributed by atoms with Gasteiger partial charge in [0.15, 0.2) is 5.82 Å². The second kappa shape index (κ2) is 5.60. The van der Waals surface area contributed by atoms with E-state index in [9.17, 15) is 0 Å². The summed E-state index contributed by atoms with van der Waals surface area (Å²) < 4.78 is 10.4. The molecule has 17 heavy (non-hydrogen) atoms. The van der Waals surface area contributed by atoms with Crippen LogP contribution < -0.4 is 5.32 Å². The number of nitrogens with zero attached hydrogens (tertiary/aromatic N) is 2. The van der Waals surface area contributed by atoms with E-state index in [0.717, 1.165) is 44.1 Å². The Kier molecular flexibility index (Phi) is 4.12. The second-order valence-corrected chi connectivity index (χ2v) is 4.83. The van der Waals surface area contributed by atoms with Crippen LogP contribution in [-0.4, -0.2) is 30.4 Å². The van der Waals surface area contributed by atoms with Gasteiger partial charge < -0.3 is 14.6 Å². The molecule has 0 bridgehead atoms. The summed E-state index contributed by atoms with van der Waals surface area (Å²) in [5, 5.41) is 7.50. The molecule has 96 valence electrons. The average molecular weight is 239 g/mol. The van der Waals surface area contributed by atoms with Crippen molar-refractivity contribution in [3.63, 3.8) is 0 Å². The Hall–Kier alpha value is -0.940. The molecule has 2 rings (SSSR count). The Bertz CT molecular complexity index is 345. The highest BCUT2D eigenvalue weighted by Crippen LogP contribution is 2.28. The van der Waals surface area contributed by atoms with Gasteiger partial charge in [-0.2, -0.15) is 4.98 Å². The standard InChI is InChI=1S/C12H21N3O2/c1-12(7-3-4-8-13-12)11-14-10(15-17-11)6-5-9-16-2/h13H,3-9H2,1-2H3. The van der Waals surface area contributed by atoms with Gasteiger partial charge in [0.2, 0.25) is 5.89 Å². The molecular formula is C12H21N3O2. The molecule has 0 aliphatic carbocycles. The number of nitrogens with one attached hydrogen (secondary N) is 1. The van der Waals surface area contributed by atoms with Crippen molar-refractivity contribution < 1.29 is 9.26 Å². The molecule has 0 aromatic carbocycles. The van der Waals surface area contributed by atoms with Crippen molar-refractivity contribution in [2.24, 2.45) is 0 Å². The van der Waals surface area contributed by atoms with Crippen molar-refractivity contribution in [3.8, 4) is 0 Å². The van der Waals surface area contributed by atoms with E-state index in [1.807, 2.05) is 0 Å². The lowest BCUT2D eigenvalue weighted by atomic mass is 9.91. The molecule has 1 aliphatic rings. The number of hydrogen-bond acceptors (Lipinski definition) is 5. The van der Waals surface area contributed by atoms with E-state index in [4.69, 9.17) is 9.26 Å². The van der Waals surface area contributed by atoms with E-state index in [1.54, 1.807) is 7.11 Å². The fourth-order valence-corrected chi connectivity index (χ4v) is 2.19. The molecule has 1 aromatic rings. The molecule has 0 saturated carbocycles. The largest absolute Gasteiger partial charge is 0.385 e. The predicted molar refractivity (Wildman–Crippen MR) is 63.7 cm³/mol. The maximum absolute atomic E-state index is 5.37. The Morgan fingerprint density at radius 1 is 1.47 bits per heavy atom. The minimum absolute atomic E-state index is 0.134. The molecule has 1 unspecified atom stereocenters. The van der Waals surface area contributed by atoms with Crippen LogP contribution in [-0.2, 0) is 16.7 Å². The molecule has 1 aliphatic heterocycles. The fraction of sp³-hybridized carbons (Fsp3) is 0.833. The van der Waals surface area contributed by atoms with E-state index in [-0.39, 0.29) is 5.54 Å². The molecule has 2 heterocycles. The quantitative estimate of drug-likeness (QED) is 0.791. The summed E-state index contributed by atoms with van der Waals surface area (Å²) in [5.74, 6) is 1.51. The van der Waals surface area contributed by atoms with Crippen LogP contribution in [0, 0.1) is 0 Å². The molecule has 0 amide bonds. The van der Waals surface area contributed by atoms with Crippen molar-refractivity contribution in [2.45, 2.75) is 44.6 Å². The Morgan fingerprint density at radius 3 is 3.06 bits per heavy atom. The van der Waals surface area contributed by atoms with E-state index < -0.39 is 0 Å². The first kappa shape index (κ1) is 12.5. The first-order valence-corrected chi connectivity index (χ1v) is 6.32. The molecule has 0 radical (unpaired) electrons. The molecule has 0 spiro atoms. The van der Waals surface area contributed by atoms with Gasteiger partial charge in [0.05, 0.1) is 5.54 Å². The number of methoxy groups -OCH3 is 1. The molecule has 1 fully saturated rings. The summed E-state index contributed by atoms with van der Waals surface area (Å²) in [6, 6.07) is 0. The number of rotatable bonds is 5. The average Bonchev–Trinajstić information content (AvgIpc) is 2.80. The number of aryl methyl sites for hydroxylation is 1. The fourth-order valence-electron chi connectivity index (χ4n) is 2.19. The van der Waals surface area contributed by atoms with Crippen LogP contribution in [0.3, 0.4) is 0 Å². The van der Waals surface area contributed by atoms with Gasteiger partial charge in [-0.15, -0.1) is 0 Å². The third-order valence-corrected chi connectivity index (χ3v) is 3.31. The van der Waals surface area contributed by atoms with Crippen molar-refractivity contribution in [2.75, 3.05) is 20.3 Å². The van der Waals surface area contributed by atoms with E-state index in [2.05, 4.69) is 22.4 Å². The summed E-state index contributed by atoms with van der Waals surface area (Å²) in [4.78, 5) is 4.48. The van der Waals surface area contributed by atoms with Crippen molar-refractivity contribution in [1.82, 2.24) is 15.5 Å². The van der Waals surface area contributed by atoms with Crippen LogP contribution in [0.1, 0.15) is 44.3 Å². The number of aromatic nitrogens is 2. The minimum atomic E-state index is -0.134. The van der Waals surface area contributed by atoms with Gasteiger partial charge in [-0.05, 0) is 39.2 Å². The minimum Gasteiger partial charge on any atom is -0.385 e. The van der Waals surface area contributed by atoms with Crippen LogP contribution in [0.15, 0.2) is 4.52 Å². The molecule has 1 saturated heterocycles. The van der Waals surface area contributed by atoms with E-state index >= 15 is 0 Å². The number of hydrogen-bond donors (Lipinski definition) is 1. The van der Waals surface area contributed by atoms with Crippen LogP contribution in [0.4, 0.5) is 0 Å². The van der Waals surface area contributed by atoms with Gasteiger partial charge in [0, 0.05) is 20.1 Å². The third-order valence-electron chi connectivity index (χ3n) is 3.31. The molecule has 1 aromatic heterocycles. The summed E-state index contributed by atoms with van der Waals surface area (Å²) in [5.41, 5.74) is -0.134. The lowest BCUT2D eigenvalue weighted by Crippen LogP contribution is -2.43. The summed E-state index contributed by atoms with van der Waals surface area (Å²) in [6.07, 6.45) is 5.25. The van der Waals surface area contributed by atoms with Crippen LogP contribution in [0.5, 0.6) is 0 Å². The van der Waals surface area contributed by atoms with E-state index in [0.29, 0.717) is 0 Å². The molecule has 5 nitrogen and oxygen atoms in total. The highest BCUT2D eigenvalue weighted by Gasteiger charge is 2.33. The topological polar surface area (TPSA) is 60.2 Å². The number of piperidine rings is 1. The van der Waals surface area contributed by atoms with Crippen LogP contribution >= 0.6 is 0 Å². The van der Waals surface area contributed by atoms with Gasteiger partial charge in [-0.3, -0.25) is 0 Å². The zero-order valence-electron chi connectivity index (χ0n) is 10.7. The maximum Gasteiger partial charge on any atom is 0.246 e. The maximum atomic E-state index is 5.37. The van der Waals surface area contributed by atoms with Gasteiger partial charge in [0.1, 0.15) is 0 Å². The highest BCUT2D eigenvalue weighted by atomic mass is 16.5. The Balaban J connectivity index is 1.96. The Morgan fingerprint density at radius 2 is 2.35 bits per heavy atom. The first-order valence-electron chi connectivity index (χ1n) is 6.32.